The minimum Gasteiger partial charge on any atom is -0.339 e. The minimum atomic E-state index is 0.352. The maximum atomic E-state index is 12.4. The van der Waals surface area contributed by atoms with E-state index < -0.39 is 0 Å². The molecule has 0 radical (unpaired) electrons. The van der Waals surface area contributed by atoms with E-state index in [9.17, 15) is 4.79 Å². The number of unbranched alkanes of at least 4 members (excludes halogenated alkanes) is 1. The fourth-order valence-electron chi connectivity index (χ4n) is 2.96. The summed E-state index contributed by atoms with van der Waals surface area (Å²) in [6, 6.07) is 8.82. The number of aromatic nitrogens is 1. The Morgan fingerprint density at radius 2 is 2.09 bits per heavy atom. The summed E-state index contributed by atoms with van der Waals surface area (Å²) in [5.74, 6) is 0.910. The molecule has 1 fully saturated rings. The number of fused-ring (bicyclic) bond motifs is 1. The lowest BCUT2D eigenvalue weighted by atomic mass is 10.1. The Balaban J connectivity index is 1.44. The van der Waals surface area contributed by atoms with E-state index in [2.05, 4.69) is 41.9 Å². The molecule has 1 aliphatic carbocycles. The van der Waals surface area contributed by atoms with E-state index in [0.717, 1.165) is 31.3 Å². The molecule has 0 unspecified atom stereocenters. The molecule has 1 aromatic heterocycles. The average Bonchev–Trinajstić information content (AvgIpc) is 3.27. The minimum absolute atomic E-state index is 0.352. The summed E-state index contributed by atoms with van der Waals surface area (Å²) in [6.07, 6.45) is 6.09. The van der Waals surface area contributed by atoms with Crippen molar-refractivity contribution in [3.63, 3.8) is 0 Å². The van der Waals surface area contributed by atoms with Crippen molar-refractivity contribution in [1.82, 2.24) is 9.88 Å². The van der Waals surface area contributed by atoms with Crippen molar-refractivity contribution in [2.45, 2.75) is 58.4 Å². The van der Waals surface area contributed by atoms with Gasteiger partial charge in [-0.2, -0.15) is 0 Å². The second-order valence-electron chi connectivity index (χ2n) is 6.95. The SMILES string of the molecule is CC(C)CN(C(=O)CCCCc1nc2ccccc2s1)C1CC1. The number of hydrogen-bond acceptors (Lipinski definition) is 3. The van der Waals surface area contributed by atoms with Gasteiger partial charge in [-0.3, -0.25) is 4.79 Å². The van der Waals surface area contributed by atoms with Gasteiger partial charge < -0.3 is 4.90 Å². The van der Waals surface area contributed by atoms with Crippen molar-refractivity contribution in [1.29, 1.82) is 0 Å². The van der Waals surface area contributed by atoms with E-state index in [1.54, 1.807) is 11.3 Å². The van der Waals surface area contributed by atoms with Crippen molar-refractivity contribution in [2.75, 3.05) is 6.54 Å². The molecule has 1 aliphatic rings. The van der Waals surface area contributed by atoms with Gasteiger partial charge in [-0.05, 0) is 50.2 Å². The van der Waals surface area contributed by atoms with E-state index >= 15 is 0 Å². The second-order valence-corrected chi connectivity index (χ2v) is 8.07. The molecule has 23 heavy (non-hydrogen) atoms. The van der Waals surface area contributed by atoms with Gasteiger partial charge in [0, 0.05) is 19.0 Å². The first-order valence-corrected chi connectivity index (χ1v) is 9.59. The fourth-order valence-corrected chi connectivity index (χ4v) is 3.97. The van der Waals surface area contributed by atoms with Crippen LogP contribution < -0.4 is 0 Å². The van der Waals surface area contributed by atoms with E-state index in [4.69, 9.17) is 0 Å². The Kier molecular flexibility index (Phi) is 5.31. The number of carbonyl (C=O) groups excluding carboxylic acids is 1. The van der Waals surface area contributed by atoms with Gasteiger partial charge in [-0.15, -0.1) is 11.3 Å². The van der Waals surface area contributed by atoms with Gasteiger partial charge in [0.15, 0.2) is 0 Å². The Hall–Kier alpha value is -1.42. The fraction of sp³-hybridized carbons (Fsp3) is 0.579. The summed E-state index contributed by atoms with van der Waals surface area (Å²) >= 11 is 1.78. The molecule has 1 heterocycles. The van der Waals surface area contributed by atoms with E-state index in [1.165, 1.54) is 22.5 Å². The van der Waals surface area contributed by atoms with Crippen molar-refractivity contribution in [2.24, 2.45) is 5.92 Å². The third-order valence-electron chi connectivity index (χ3n) is 4.24. The molecular weight excluding hydrogens is 304 g/mol. The molecule has 0 N–H and O–H groups in total. The van der Waals surface area contributed by atoms with Crippen molar-refractivity contribution < 1.29 is 4.79 Å². The lowest BCUT2D eigenvalue weighted by molar-refractivity contribution is -0.132. The standard InChI is InChI=1S/C19H26N2OS/c1-14(2)13-21(15-11-12-15)19(22)10-6-5-9-18-20-16-7-3-4-8-17(16)23-18/h3-4,7-8,14-15H,5-6,9-13H2,1-2H3. The predicted octanol–water partition coefficient (Wildman–Crippen LogP) is 4.66. The zero-order valence-corrected chi connectivity index (χ0v) is 14.9. The molecule has 1 aromatic carbocycles. The number of benzene rings is 1. The van der Waals surface area contributed by atoms with Crippen molar-refractivity contribution >= 4 is 27.5 Å². The number of hydrogen-bond donors (Lipinski definition) is 0. The Bertz CT molecular complexity index is 627. The summed E-state index contributed by atoms with van der Waals surface area (Å²) in [4.78, 5) is 19.2. The van der Waals surface area contributed by atoms with Crippen LogP contribution >= 0.6 is 11.3 Å². The lowest BCUT2D eigenvalue weighted by Crippen LogP contribution is -2.35. The molecule has 3 rings (SSSR count). The predicted molar refractivity (Wildman–Crippen MR) is 96.7 cm³/mol. The van der Waals surface area contributed by atoms with Crippen molar-refractivity contribution in [3.8, 4) is 0 Å². The zero-order chi connectivity index (χ0) is 16.2. The highest BCUT2D eigenvalue weighted by Gasteiger charge is 2.32. The molecule has 4 heteroatoms. The molecule has 0 spiro atoms. The monoisotopic (exact) mass is 330 g/mol. The van der Waals surface area contributed by atoms with Crippen LogP contribution in [0.25, 0.3) is 10.2 Å². The Labute approximate surface area is 142 Å². The number of nitrogens with zero attached hydrogens (tertiary/aromatic N) is 2. The first-order valence-electron chi connectivity index (χ1n) is 8.77. The first-order chi connectivity index (χ1) is 11.1. The summed E-state index contributed by atoms with van der Waals surface area (Å²) in [6.45, 7) is 5.30. The average molecular weight is 330 g/mol. The summed E-state index contributed by atoms with van der Waals surface area (Å²) in [5.41, 5.74) is 1.10. The summed E-state index contributed by atoms with van der Waals surface area (Å²) < 4.78 is 1.26. The highest BCUT2D eigenvalue weighted by Crippen LogP contribution is 2.28. The van der Waals surface area contributed by atoms with Crippen LogP contribution in [0.5, 0.6) is 0 Å². The van der Waals surface area contributed by atoms with Crippen LogP contribution in [0.4, 0.5) is 0 Å². The van der Waals surface area contributed by atoms with Crippen LogP contribution in [0.1, 0.15) is 51.0 Å². The smallest absolute Gasteiger partial charge is 0.222 e. The maximum absolute atomic E-state index is 12.4. The van der Waals surface area contributed by atoms with Gasteiger partial charge in [0.1, 0.15) is 0 Å². The van der Waals surface area contributed by atoms with E-state index in [1.807, 2.05) is 6.07 Å². The lowest BCUT2D eigenvalue weighted by Gasteiger charge is -2.24. The van der Waals surface area contributed by atoms with Gasteiger partial charge in [0.2, 0.25) is 5.91 Å². The summed E-state index contributed by atoms with van der Waals surface area (Å²) in [7, 11) is 0. The molecule has 2 aromatic rings. The topological polar surface area (TPSA) is 33.2 Å². The molecule has 0 bridgehead atoms. The van der Waals surface area contributed by atoms with Crippen molar-refractivity contribution in [3.05, 3.63) is 29.3 Å². The van der Waals surface area contributed by atoms with Gasteiger partial charge in [-0.1, -0.05) is 26.0 Å². The summed E-state index contributed by atoms with van der Waals surface area (Å²) in [5, 5.41) is 1.19. The molecule has 0 saturated heterocycles. The zero-order valence-electron chi connectivity index (χ0n) is 14.1. The largest absolute Gasteiger partial charge is 0.339 e. The number of para-hydroxylation sites is 1. The third kappa shape index (κ3) is 4.54. The quantitative estimate of drug-likeness (QED) is 0.660. The highest BCUT2D eigenvalue weighted by molar-refractivity contribution is 7.18. The number of rotatable bonds is 8. The normalized spacial score (nSPS) is 14.6. The molecule has 0 atom stereocenters. The van der Waals surface area contributed by atoms with Gasteiger partial charge in [-0.25, -0.2) is 4.98 Å². The van der Waals surface area contributed by atoms with Crippen LogP contribution in [-0.4, -0.2) is 28.4 Å². The second kappa shape index (κ2) is 7.43. The number of carbonyl (C=O) groups is 1. The Morgan fingerprint density at radius 3 is 2.78 bits per heavy atom. The van der Waals surface area contributed by atoms with Gasteiger partial charge >= 0.3 is 0 Å². The number of aryl methyl sites for hydroxylation is 1. The van der Waals surface area contributed by atoms with Crippen LogP contribution in [0.2, 0.25) is 0 Å². The number of thiazole rings is 1. The number of amides is 1. The van der Waals surface area contributed by atoms with Crippen LogP contribution in [0.15, 0.2) is 24.3 Å². The maximum Gasteiger partial charge on any atom is 0.222 e. The highest BCUT2D eigenvalue weighted by atomic mass is 32.1. The molecular formula is C19H26N2OS. The third-order valence-corrected chi connectivity index (χ3v) is 5.34. The van der Waals surface area contributed by atoms with Crippen LogP contribution in [0.3, 0.4) is 0 Å². The molecule has 3 nitrogen and oxygen atoms in total. The van der Waals surface area contributed by atoms with E-state index in [-0.39, 0.29) is 0 Å². The van der Waals surface area contributed by atoms with Crippen LogP contribution in [-0.2, 0) is 11.2 Å². The van der Waals surface area contributed by atoms with Crippen LogP contribution in [0, 0.1) is 5.92 Å². The van der Waals surface area contributed by atoms with Gasteiger partial charge in [0.05, 0.1) is 15.2 Å². The molecule has 124 valence electrons. The Morgan fingerprint density at radius 1 is 1.30 bits per heavy atom. The molecule has 0 aliphatic heterocycles. The van der Waals surface area contributed by atoms with Gasteiger partial charge in [0.25, 0.3) is 0 Å². The van der Waals surface area contributed by atoms with E-state index in [0.29, 0.717) is 24.3 Å². The first kappa shape index (κ1) is 16.4. The molecule has 1 amide bonds. The molecule has 1 saturated carbocycles.